The van der Waals surface area contributed by atoms with Crippen LogP contribution in [0.5, 0.6) is 0 Å². The molecule has 0 aliphatic carbocycles. The first kappa shape index (κ1) is 16.0. The van der Waals surface area contributed by atoms with Gasteiger partial charge in [0.25, 0.3) is 5.79 Å². The van der Waals surface area contributed by atoms with E-state index in [0.29, 0.717) is 5.56 Å². The summed E-state index contributed by atoms with van der Waals surface area (Å²) in [4.78, 5) is 23.1. The maximum Gasteiger partial charge on any atom is 0.306 e. The molecule has 4 nitrogen and oxygen atoms in total. The third-order valence-electron chi connectivity index (χ3n) is 3.91. The molecule has 0 heterocycles. The van der Waals surface area contributed by atoms with E-state index < -0.39 is 17.7 Å². The Morgan fingerprint density at radius 3 is 1.92 bits per heavy atom. The third-order valence-corrected chi connectivity index (χ3v) is 3.91. The van der Waals surface area contributed by atoms with Gasteiger partial charge in [0.05, 0.1) is 0 Å². The molecule has 0 radical (unpaired) electrons. The summed E-state index contributed by atoms with van der Waals surface area (Å²) in [5.74, 6) is -2.51. The summed E-state index contributed by atoms with van der Waals surface area (Å²) in [6.45, 7) is 4.17. The van der Waals surface area contributed by atoms with Gasteiger partial charge < -0.3 is 9.47 Å². The first-order valence-electron chi connectivity index (χ1n) is 7.70. The number of esters is 2. The fourth-order valence-corrected chi connectivity index (χ4v) is 3.04. The molecule has 0 bridgehead atoms. The quantitative estimate of drug-likeness (QED) is 0.410. The van der Waals surface area contributed by atoms with Crippen molar-refractivity contribution in [2.75, 3.05) is 0 Å². The van der Waals surface area contributed by atoms with E-state index in [1.807, 2.05) is 48.5 Å². The zero-order chi connectivity index (χ0) is 17.3. The maximum absolute atomic E-state index is 11.5. The van der Waals surface area contributed by atoms with Crippen molar-refractivity contribution in [1.29, 1.82) is 0 Å². The molecule has 0 aliphatic heterocycles. The van der Waals surface area contributed by atoms with Crippen LogP contribution in [0.2, 0.25) is 0 Å². The molecule has 0 N–H and O–H groups in total. The van der Waals surface area contributed by atoms with Crippen molar-refractivity contribution in [1.82, 2.24) is 0 Å². The number of ether oxygens (including phenoxy) is 2. The molecular formula is C20H18O4. The SMILES string of the molecule is CC(=O)OC(C)(OC(C)=O)c1cccc2cc3ccccc3cc12. The highest BCUT2D eigenvalue weighted by atomic mass is 16.7. The molecule has 122 valence electrons. The van der Waals surface area contributed by atoms with Crippen molar-refractivity contribution >= 4 is 33.5 Å². The molecule has 24 heavy (non-hydrogen) atoms. The van der Waals surface area contributed by atoms with Crippen LogP contribution in [0.25, 0.3) is 21.5 Å². The second kappa shape index (κ2) is 5.96. The molecule has 0 saturated carbocycles. The predicted octanol–water partition coefficient (Wildman–Crippen LogP) is 4.29. The van der Waals surface area contributed by atoms with E-state index in [4.69, 9.17) is 9.47 Å². The maximum atomic E-state index is 11.5. The van der Waals surface area contributed by atoms with E-state index in [1.165, 1.54) is 13.8 Å². The van der Waals surface area contributed by atoms with Crippen LogP contribution < -0.4 is 0 Å². The average molecular weight is 322 g/mol. The van der Waals surface area contributed by atoms with Gasteiger partial charge in [-0.1, -0.05) is 42.5 Å². The van der Waals surface area contributed by atoms with Gasteiger partial charge in [0, 0.05) is 26.3 Å². The van der Waals surface area contributed by atoms with E-state index in [0.717, 1.165) is 21.5 Å². The topological polar surface area (TPSA) is 52.6 Å². The smallest absolute Gasteiger partial charge is 0.306 e. The van der Waals surface area contributed by atoms with Crippen molar-refractivity contribution in [3.63, 3.8) is 0 Å². The van der Waals surface area contributed by atoms with Crippen molar-refractivity contribution in [3.05, 3.63) is 60.2 Å². The van der Waals surface area contributed by atoms with Crippen LogP contribution in [0.15, 0.2) is 54.6 Å². The monoisotopic (exact) mass is 322 g/mol. The first-order valence-corrected chi connectivity index (χ1v) is 7.70. The minimum Gasteiger partial charge on any atom is -0.418 e. The zero-order valence-corrected chi connectivity index (χ0v) is 13.8. The van der Waals surface area contributed by atoms with Crippen LogP contribution in [0.3, 0.4) is 0 Å². The van der Waals surface area contributed by atoms with E-state index in [2.05, 4.69) is 6.07 Å². The second-order valence-corrected chi connectivity index (χ2v) is 5.86. The highest BCUT2D eigenvalue weighted by molar-refractivity contribution is 6.00. The van der Waals surface area contributed by atoms with Crippen LogP contribution in [-0.4, -0.2) is 11.9 Å². The Hall–Kier alpha value is -2.88. The Bertz CT molecular complexity index is 927. The number of benzene rings is 3. The van der Waals surface area contributed by atoms with Gasteiger partial charge in [-0.25, -0.2) is 0 Å². The molecule has 0 amide bonds. The van der Waals surface area contributed by atoms with Crippen LogP contribution >= 0.6 is 0 Å². The molecule has 3 aromatic rings. The number of fused-ring (bicyclic) bond motifs is 2. The lowest BCUT2D eigenvalue weighted by atomic mass is 9.95. The molecule has 0 spiro atoms. The standard InChI is InChI=1S/C20H18O4/c1-13(21)23-20(3,24-14(2)22)19-10-6-9-17-11-15-7-4-5-8-16(15)12-18(17)19/h4-12H,1-3H3. The molecule has 3 aromatic carbocycles. The van der Waals surface area contributed by atoms with Gasteiger partial charge in [0.15, 0.2) is 0 Å². The Labute approximate surface area is 140 Å². The second-order valence-electron chi connectivity index (χ2n) is 5.86. The lowest BCUT2D eigenvalue weighted by molar-refractivity contribution is -0.224. The first-order chi connectivity index (χ1) is 11.4. The van der Waals surface area contributed by atoms with Crippen LogP contribution in [0.4, 0.5) is 0 Å². The molecule has 0 saturated heterocycles. The van der Waals surface area contributed by atoms with Crippen molar-refractivity contribution < 1.29 is 19.1 Å². The highest BCUT2D eigenvalue weighted by Crippen LogP contribution is 2.35. The normalized spacial score (nSPS) is 11.5. The van der Waals surface area contributed by atoms with Gasteiger partial charge in [-0.15, -0.1) is 0 Å². The number of hydrogen-bond donors (Lipinski definition) is 0. The van der Waals surface area contributed by atoms with Gasteiger partial charge in [-0.3, -0.25) is 9.59 Å². The average Bonchev–Trinajstić information content (AvgIpc) is 2.50. The molecule has 0 aromatic heterocycles. The molecule has 0 fully saturated rings. The lowest BCUT2D eigenvalue weighted by Gasteiger charge is -2.29. The molecule has 0 unspecified atom stereocenters. The van der Waals surface area contributed by atoms with Gasteiger partial charge in [0.2, 0.25) is 0 Å². The minimum atomic E-state index is -1.47. The number of rotatable bonds is 3. The Morgan fingerprint density at radius 2 is 1.33 bits per heavy atom. The van der Waals surface area contributed by atoms with Crippen molar-refractivity contribution in [3.8, 4) is 0 Å². The van der Waals surface area contributed by atoms with E-state index in [-0.39, 0.29) is 0 Å². The van der Waals surface area contributed by atoms with Gasteiger partial charge in [0.1, 0.15) is 0 Å². The Kier molecular flexibility index (Phi) is 3.97. The summed E-state index contributed by atoms with van der Waals surface area (Å²) in [6.07, 6.45) is 0. The molecular weight excluding hydrogens is 304 g/mol. The summed E-state index contributed by atoms with van der Waals surface area (Å²) in [5, 5.41) is 4.03. The number of carbonyl (C=O) groups is 2. The van der Waals surface area contributed by atoms with E-state index >= 15 is 0 Å². The van der Waals surface area contributed by atoms with Gasteiger partial charge in [-0.2, -0.15) is 0 Å². The summed E-state index contributed by atoms with van der Waals surface area (Å²) in [6, 6.07) is 17.7. The van der Waals surface area contributed by atoms with Crippen molar-refractivity contribution in [2.24, 2.45) is 0 Å². The summed E-state index contributed by atoms with van der Waals surface area (Å²) in [5.41, 5.74) is 0.635. The molecule has 0 atom stereocenters. The Morgan fingerprint density at radius 1 is 0.792 bits per heavy atom. The largest absolute Gasteiger partial charge is 0.418 e. The summed E-state index contributed by atoms with van der Waals surface area (Å²) < 4.78 is 10.7. The fourth-order valence-electron chi connectivity index (χ4n) is 3.04. The Balaban J connectivity index is 2.27. The van der Waals surface area contributed by atoms with Crippen LogP contribution in [-0.2, 0) is 24.8 Å². The zero-order valence-electron chi connectivity index (χ0n) is 13.8. The molecule has 0 aliphatic rings. The van der Waals surface area contributed by atoms with E-state index in [9.17, 15) is 9.59 Å². The van der Waals surface area contributed by atoms with Crippen molar-refractivity contribution in [2.45, 2.75) is 26.6 Å². The third kappa shape index (κ3) is 2.95. The van der Waals surface area contributed by atoms with Crippen LogP contribution in [0, 0.1) is 0 Å². The van der Waals surface area contributed by atoms with Gasteiger partial charge >= 0.3 is 11.9 Å². The number of hydrogen-bond acceptors (Lipinski definition) is 4. The van der Waals surface area contributed by atoms with Gasteiger partial charge in [-0.05, 0) is 33.7 Å². The van der Waals surface area contributed by atoms with Crippen LogP contribution in [0.1, 0.15) is 26.3 Å². The molecule has 4 heteroatoms. The predicted molar refractivity (Wildman–Crippen MR) is 92.3 cm³/mol. The fraction of sp³-hybridized carbons (Fsp3) is 0.200. The summed E-state index contributed by atoms with van der Waals surface area (Å²) >= 11 is 0. The minimum absolute atomic E-state index is 0.517. The lowest BCUT2D eigenvalue weighted by Crippen LogP contribution is -2.33. The highest BCUT2D eigenvalue weighted by Gasteiger charge is 2.35. The van der Waals surface area contributed by atoms with E-state index in [1.54, 1.807) is 6.92 Å². The summed E-state index contributed by atoms with van der Waals surface area (Å²) in [7, 11) is 0. The number of carbonyl (C=O) groups excluding carboxylic acids is 2. The molecule has 3 rings (SSSR count).